The number of hydrogen-bond acceptors (Lipinski definition) is 5. The van der Waals surface area contributed by atoms with E-state index >= 15 is 0 Å². The second-order valence-electron chi connectivity index (χ2n) is 11.1. The summed E-state index contributed by atoms with van der Waals surface area (Å²) in [5.74, 6) is 0.835. The Morgan fingerprint density at radius 3 is 2.30 bits per heavy atom. The van der Waals surface area contributed by atoms with E-state index in [1.165, 1.54) is 35.2 Å². The van der Waals surface area contributed by atoms with Gasteiger partial charge in [0.1, 0.15) is 11.3 Å². The van der Waals surface area contributed by atoms with Gasteiger partial charge in [-0.05, 0) is 86.4 Å². The molecule has 1 unspecified atom stereocenters. The van der Waals surface area contributed by atoms with Crippen molar-refractivity contribution < 1.29 is 14.3 Å². The number of carbonyl (C=O) groups is 2. The minimum Gasteiger partial charge on any atom is -0.497 e. The van der Waals surface area contributed by atoms with Crippen molar-refractivity contribution in [1.82, 2.24) is 14.7 Å². The molecule has 3 heterocycles. The van der Waals surface area contributed by atoms with Crippen LogP contribution in [0.5, 0.6) is 5.75 Å². The molecule has 0 aromatic heterocycles. The van der Waals surface area contributed by atoms with Crippen molar-refractivity contribution in [2.45, 2.75) is 63.6 Å². The number of nitrogens with zero attached hydrogens (tertiary/aromatic N) is 4. The van der Waals surface area contributed by atoms with Gasteiger partial charge in [-0.15, -0.1) is 0 Å². The molecule has 7 nitrogen and oxygen atoms in total. The van der Waals surface area contributed by atoms with Crippen LogP contribution >= 0.6 is 0 Å². The lowest BCUT2D eigenvalue weighted by molar-refractivity contribution is -0.137. The van der Waals surface area contributed by atoms with Crippen LogP contribution in [0.1, 0.15) is 49.3 Å². The number of urea groups is 1. The quantitative estimate of drug-likeness (QED) is 0.557. The van der Waals surface area contributed by atoms with Gasteiger partial charge in [-0.1, -0.05) is 18.2 Å². The fourth-order valence-corrected chi connectivity index (χ4v) is 6.99. The number of imide groups is 1. The normalized spacial score (nSPS) is 23.4. The number of piperidine rings is 1. The first-order chi connectivity index (χ1) is 18.0. The van der Waals surface area contributed by atoms with Crippen molar-refractivity contribution in [2.75, 3.05) is 44.7 Å². The predicted octanol–water partition coefficient (Wildman–Crippen LogP) is 4.08. The maximum atomic E-state index is 14.0. The van der Waals surface area contributed by atoms with E-state index < -0.39 is 5.54 Å². The van der Waals surface area contributed by atoms with Crippen molar-refractivity contribution in [3.63, 3.8) is 0 Å². The lowest BCUT2D eigenvalue weighted by atomic mass is 9.85. The first-order valence-electron chi connectivity index (χ1n) is 13.9. The Kier molecular flexibility index (Phi) is 6.35. The van der Waals surface area contributed by atoms with Gasteiger partial charge in [-0.3, -0.25) is 14.6 Å². The average Bonchev–Trinajstić information content (AvgIpc) is 3.64. The molecule has 196 valence electrons. The maximum absolute atomic E-state index is 14.0. The standard InChI is InChI=1S/C30H38N4O3/c1-3-33-29(36)34(26-18-23-8-11-27(37-2)20-24(23)19-26)28(35)30(33)12-16-31(17-13-30)21-22-6-9-25(10-7-22)32-14-4-5-15-32/h6-11,20,26H,3-5,12-19,21H2,1-2H3. The van der Waals surface area contributed by atoms with Crippen molar-refractivity contribution in [3.8, 4) is 5.75 Å². The third-order valence-corrected chi connectivity index (χ3v) is 9.07. The molecular formula is C30H38N4O3. The number of anilines is 1. The van der Waals surface area contributed by atoms with Gasteiger partial charge in [-0.25, -0.2) is 4.79 Å². The molecular weight excluding hydrogens is 464 g/mol. The van der Waals surface area contributed by atoms with Crippen molar-refractivity contribution in [3.05, 3.63) is 59.2 Å². The van der Waals surface area contributed by atoms with Gasteiger partial charge in [0.05, 0.1) is 7.11 Å². The molecule has 0 saturated carbocycles. The number of fused-ring (bicyclic) bond motifs is 1. The highest BCUT2D eigenvalue weighted by Crippen LogP contribution is 2.41. The van der Waals surface area contributed by atoms with Crippen LogP contribution in [0.4, 0.5) is 10.5 Å². The molecule has 0 radical (unpaired) electrons. The first kappa shape index (κ1) is 24.3. The summed E-state index contributed by atoms with van der Waals surface area (Å²) in [5.41, 5.74) is 4.32. The van der Waals surface area contributed by atoms with Crippen LogP contribution in [0.3, 0.4) is 0 Å². The van der Waals surface area contributed by atoms with Crippen LogP contribution in [0.2, 0.25) is 0 Å². The summed E-state index contributed by atoms with van der Waals surface area (Å²) < 4.78 is 5.39. The summed E-state index contributed by atoms with van der Waals surface area (Å²) in [4.78, 5) is 35.9. The molecule has 2 aromatic rings. The molecule has 0 bridgehead atoms. The SMILES string of the molecule is CCN1C(=O)N(C2Cc3ccc(OC)cc3C2)C(=O)C12CCN(Cc1ccc(N3CCCC3)cc1)CC2. The Labute approximate surface area is 220 Å². The second kappa shape index (κ2) is 9.67. The summed E-state index contributed by atoms with van der Waals surface area (Å²) in [6.45, 7) is 7.40. The number of ether oxygens (including phenoxy) is 1. The maximum Gasteiger partial charge on any atom is 0.327 e. The number of hydrogen-bond donors (Lipinski definition) is 0. The van der Waals surface area contributed by atoms with Gasteiger partial charge in [0, 0.05) is 51.0 Å². The smallest absolute Gasteiger partial charge is 0.327 e. The number of rotatable bonds is 6. The third kappa shape index (κ3) is 4.17. The van der Waals surface area contributed by atoms with Crippen LogP contribution < -0.4 is 9.64 Å². The van der Waals surface area contributed by atoms with Crippen LogP contribution in [-0.4, -0.2) is 78.1 Å². The van der Waals surface area contributed by atoms with E-state index in [1.54, 1.807) is 12.0 Å². The van der Waals surface area contributed by atoms with Gasteiger partial charge < -0.3 is 14.5 Å². The molecule has 4 aliphatic rings. The van der Waals surface area contributed by atoms with E-state index in [2.05, 4.69) is 40.1 Å². The summed E-state index contributed by atoms with van der Waals surface area (Å²) in [7, 11) is 1.67. The molecule has 2 aromatic carbocycles. The monoisotopic (exact) mass is 502 g/mol. The fourth-order valence-electron chi connectivity index (χ4n) is 6.99. The summed E-state index contributed by atoms with van der Waals surface area (Å²) in [6.07, 6.45) is 5.39. The molecule has 0 N–H and O–H groups in total. The second-order valence-corrected chi connectivity index (χ2v) is 11.1. The fraction of sp³-hybridized carbons (Fsp3) is 0.533. The zero-order chi connectivity index (χ0) is 25.6. The van der Waals surface area contributed by atoms with Gasteiger partial charge in [0.2, 0.25) is 0 Å². The molecule has 6 rings (SSSR count). The zero-order valence-corrected chi connectivity index (χ0v) is 22.1. The first-order valence-corrected chi connectivity index (χ1v) is 13.9. The Hall–Kier alpha value is -3.06. The molecule has 3 saturated heterocycles. The molecule has 37 heavy (non-hydrogen) atoms. The Morgan fingerprint density at radius 1 is 0.919 bits per heavy atom. The number of carbonyl (C=O) groups excluding carboxylic acids is 2. The molecule has 1 aliphatic carbocycles. The van der Waals surface area contributed by atoms with E-state index in [-0.39, 0.29) is 18.0 Å². The van der Waals surface area contributed by atoms with Crippen LogP contribution in [0.25, 0.3) is 0 Å². The minimum atomic E-state index is -0.700. The Bertz CT molecular complexity index is 1170. The highest BCUT2D eigenvalue weighted by Gasteiger charge is 2.59. The number of likely N-dealkylation sites (N-methyl/N-ethyl adjacent to an activating group) is 1. The predicted molar refractivity (Wildman–Crippen MR) is 144 cm³/mol. The van der Waals surface area contributed by atoms with Crippen LogP contribution in [-0.2, 0) is 24.2 Å². The van der Waals surface area contributed by atoms with Gasteiger partial charge in [0.15, 0.2) is 0 Å². The lowest BCUT2D eigenvalue weighted by Crippen LogP contribution is -2.56. The molecule has 1 spiro atoms. The third-order valence-electron chi connectivity index (χ3n) is 9.07. The van der Waals surface area contributed by atoms with Crippen LogP contribution in [0.15, 0.2) is 42.5 Å². The topological polar surface area (TPSA) is 56.3 Å². The van der Waals surface area contributed by atoms with E-state index in [4.69, 9.17) is 4.74 Å². The van der Waals surface area contributed by atoms with E-state index in [9.17, 15) is 9.59 Å². The molecule has 7 heteroatoms. The Morgan fingerprint density at radius 2 is 1.62 bits per heavy atom. The highest BCUT2D eigenvalue weighted by molar-refractivity contribution is 6.07. The summed E-state index contributed by atoms with van der Waals surface area (Å²) in [6, 6.07) is 14.8. The Balaban J connectivity index is 1.12. The van der Waals surface area contributed by atoms with E-state index in [0.717, 1.165) is 44.9 Å². The average molecular weight is 503 g/mol. The van der Waals surface area contributed by atoms with E-state index in [1.807, 2.05) is 24.0 Å². The molecule has 3 fully saturated rings. The van der Waals surface area contributed by atoms with E-state index in [0.29, 0.717) is 25.8 Å². The number of methoxy groups -OCH3 is 1. The van der Waals surface area contributed by atoms with Gasteiger partial charge >= 0.3 is 6.03 Å². The molecule has 3 aliphatic heterocycles. The minimum absolute atomic E-state index is 0.0127. The van der Waals surface area contributed by atoms with Crippen LogP contribution in [0, 0.1) is 0 Å². The number of likely N-dealkylation sites (tertiary alicyclic amines) is 1. The van der Waals surface area contributed by atoms with Crippen molar-refractivity contribution >= 4 is 17.6 Å². The van der Waals surface area contributed by atoms with Crippen molar-refractivity contribution in [2.24, 2.45) is 0 Å². The molecule has 1 atom stereocenters. The number of amides is 3. The summed E-state index contributed by atoms with van der Waals surface area (Å²) >= 11 is 0. The van der Waals surface area contributed by atoms with Gasteiger partial charge in [0.25, 0.3) is 5.91 Å². The van der Waals surface area contributed by atoms with Gasteiger partial charge in [-0.2, -0.15) is 0 Å². The number of benzene rings is 2. The zero-order valence-electron chi connectivity index (χ0n) is 22.1. The highest BCUT2D eigenvalue weighted by atomic mass is 16.5. The van der Waals surface area contributed by atoms with Crippen molar-refractivity contribution in [1.29, 1.82) is 0 Å². The largest absolute Gasteiger partial charge is 0.497 e. The molecule has 3 amide bonds. The lowest BCUT2D eigenvalue weighted by Gasteiger charge is -2.42. The summed E-state index contributed by atoms with van der Waals surface area (Å²) in [5, 5.41) is 0.